The van der Waals surface area contributed by atoms with Crippen molar-refractivity contribution < 1.29 is 4.74 Å². The molecule has 1 heterocycles. The van der Waals surface area contributed by atoms with Gasteiger partial charge in [-0.05, 0) is 47.2 Å². The van der Waals surface area contributed by atoms with Gasteiger partial charge in [0.05, 0.1) is 13.2 Å². The third kappa shape index (κ3) is 1.67. The van der Waals surface area contributed by atoms with Crippen LogP contribution in [0, 0.1) is 13.8 Å². The first kappa shape index (κ1) is 10.5. The van der Waals surface area contributed by atoms with E-state index in [1.807, 2.05) is 0 Å². The van der Waals surface area contributed by atoms with Gasteiger partial charge in [0.2, 0.25) is 0 Å². The maximum absolute atomic E-state index is 5.57. The molecular formula is C16H16O. The molecule has 0 spiro atoms. The van der Waals surface area contributed by atoms with E-state index >= 15 is 0 Å². The molecular weight excluding hydrogens is 208 g/mol. The van der Waals surface area contributed by atoms with Gasteiger partial charge in [-0.1, -0.05) is 36.4 Å². The number of hydrogen-bond donors (Lipinski definition) is 0. The van der Waals surface area contributed by atoms with Crippen LogP contribution in [0.5, 0.6) is 0 Å². The lowest BCUT2D eigenvalue weighted by atomic mass is 9.91. The number of ether oxygens (including phenoxy) is 1. The Morgan fingerprint density at radius 1 is 0.941 bits per heavy atom. The monoisotopic (exact) mass is 224 g/mol. The predicted octanol–water partition coefficient (Wildman–Crippen LogP) is 4.00. The van der Waals surface area contributed by atoms with Crippen LogP contribution in [0.4, 0.5) is 0 Å². The Labute approximate surface area is 102 Å². The molecule has 0 aliphatic carbocycles. The topological polar surface area (TPSA) is 9.23 Å². The van der Waals surface area contributed by atoms with Crippen LogP contribution < -0.4 is 0 Å². The molecule has 0 amide bonds. The zero-order valence-corrected chi connectivity index (χ0v) is 10.3. The Kier molecular flexibility index (Phi) is 2.49. The molecule has 0 radical (unpaired) electrons. The second-order valence-corrected chi connectivity index (χ2v) is 4.68. The minimum Gasteiger partial charge on any atom is -0.372 e. The summed E-state index contributed by atoms with van der Waals surface area (Å²) in [6.45, 7) is 5.93. The molecule has 17 heavy (non-hydrogen) atoms. The summed E-state index contributed by atoms with van der Waals surface area (Å²) in [5, 5.41) is 0. The molecule has 0 fully saturated rings. The summed E-state index contributed by atoms with van der Waals surface area (Å²) in [6, 6.07) is 12.9. The van der Waals surface area contributed by atoms with Crippen molar-refractivity contribution in [2.24, 2.45) is 0 Å². The van der Waals surface area contributed by atoms with E-state index in [0.717, 1.165) is 13.2 Å². The highest BCUT2D eigenvalue weighted by atomic mass is 16.5. The number of hydrogen-bond acceptors (Lipinski definition) is 1. The summed E-state index contributed by atoms with van der Waals surface area (Å²) < 4.78 is 5.57. The number of rotatable bonds is 1. The van der Waals surface area contributed by atoms with Gasteiger partial charge in [-0.3, -0.25) is 0 Å². The molecule has 0 aromatic heterocycles. The van der Waals surface area contributed by atoms with Gasteiger partial charge in [0.15, 0.2) is 0 Å². The molecule has 2 aromatic rings. The first-order valence-corrected chi connectivity index (χ1v) is 6.02. The van der Waals surface area contributed by atoms with E-state index in [1.165, 1.54) is 33.4 Å². The molecule has 1 heteroatoms. The van der Waals surface area contributed by atoms with Crippen molar-refractivity contribution in [3.8, 4) is 11.1 Å². The van der Waals surface area contributed by atoms with Gasteiger partial charge >= 0.3 is 0 Å². The van der Waals surface area contributed by atoms with Crippen molar-refractivity contribution in [2.45, 2.75) is 27.1 Å². The zero-order chi connectivity index (χ0) is 11.8. The fourth-order valence-corrected chi connectivity index (χ4v) is 2.61. The van der Waals surface area contributed by atoms with Crippen LogP contribution in [0.1, 0.15) is 22.3 Å². The molecule has 0 bridgehead atoms. The Balaban J connectivity index is 2.23. The molecule has 1 aliphatic heterocycles. The minimum atomic E-state index is 0.767. The molecule has 0 saturated heterocycles. The zero-order valence-electron chi connectivity index (χ0n) is 10.3. The van der Waals surface area contributed by atoms with Gasteiger partial charge in [0.1, 0.15) is 0 Å². The van der Waals surface area contributed by atoms with Crippen molar-refractivity contribution in [2.75, 3.05) is 0 Å². The van der Waals surface area contributed by atoms with E-state index in [-0.39, 0.29) is 0 Å². The SMILES string of the molecule is Cc1cc(-c2ccccc2)c(C)c2c1COC2. The third-order valence-electron chi connectivity index (χ3n) is 3.64. The van der Waals surface area contributed by atoms with E-state index in [2.05, 4.69) is 50.2 Å². The van der Waals surface area contributed by atoms with E-state index in [9.17, 15) is 0 Å². The number of fused-ring (bicyclic) bond motifs is 1. The van der Waals surface area contributed by atoms with Gasteiger partial charge in [-0.2, -0.15) is 0 Å². The summed E-state index contributed by atoms with van der Waals surface area (Å²) in [5.74, 6) is 0. The minimum absolute atomic E-state index is 0.767. The van der Waals surface area contributed by atoms with Crippen LogP contribution in [0.25, 0.3) is 11.1 Å². The quantitative estimate of drug-likeness (QED) is 0.711. The normalized spacial score (nSPS) is 13.8. The van der Waals surface area contributed by atoms with Crippen molar-refractivity contribution >= 4 is 0 Å². The molecule has 0 unspecified atom stereocenters. The molecule has 2 aromatic carbocycles. The highest BCUT2D eigenvalue weighted by Gasteiger charge is 2.18. The van der Waals surface area contributed by atoms with Crippen LogP contribution in [0.15, 0.2) is 36.4 Å². The highest BCUT2D eigenvalue weighted by molar-refractivity contribution is 5.70. The summed E-state index contributed by atoms with van der Waals surface area (Å²) >= 11 is 0. The Bertz CT molecular complexity index is 555. The lowest BCUT2D eigenvalue weighted by Gasteiger charge is -2.13. The molecule has 0 N–H and O–H groups in total. The van der Waals surface area contributed by atoms with Gasteiger partial charge < -0.3 is 4.74 Å². The lowest BCUT2D eigenvalue weighted by molar-refractivity contribution is 0.134. The molecule has 0 saturated carbocycles. The summed E-state index contributed by atoms with van der Waals surface area (Å²) in [7, 11) is 0. The average Bonchev–Trinajstić information content (AvgIpc) is 2.85. The molecule has 86 valence electrons. The summed E-state index contributed by atoms with van der Waals surface area (Å²) in [5.41, 5.74) is 8.14. The average molecular weight is 224 g/mol. The maximum atomic E-state index is 5.57. The van der Waals surface area contributed by atoms with Gasteiger partial charge in [0, 0.05) is 0 Å². The summed E-state index contributed by atoms with van der Waals surface area (Å²) in [6.07, 6.45) is 0. The van der Waals surface area contributed by atoms with E-state index in [4.69, 9.17) is 4.74 Å². The molecule has 1 nitrogen and oxygen atoms in total. The number of aryl methyl sites for hydroxylation is 1. The van der Waals surface area contributed by atoms with E-state index in [1.54, 1.807) is 0 Å². The second-order valence-electron chi connectivity index (χ2n) is 4.68. The predicted molar refractivity (Wildman–Crippen MR) is 69.8 cm³/mol. The standard InChI is InChI=1S/C16H16O/c1-11-8-14(13-6-4-3-5-7-13)12(2)16-10-17-9-15(11)16/h3-8H,9-10H2,1-2H3. The largest absolute Gasteiger partial charge is 0.372 e. The molecule has 1 aliphatic rings. The Morgan fingerprint density at radius 3 is 2.41 bits per heavy atom. The van der Waals surface area contributed by atoms with Gasteiger partial charge in [-0.25, -0.2) is 0 Å². The van der Waals surface area contributed by atoms with Crippen LogP contribution >= 0.6 is 0 Å². The van der Waals surface area contributed by atoms with E-state index < -0.39 is 0 Å². The Morgan fingerprint density at radius 2 is 1.65 bits per heavy atom. The second kappa shape index (κ2) is 4.01. The van der Waals surface area contributed by atoms with Gasteiger partial charge in [0.25, 0.3) is 0 Å². The first-order chi connectivity index (χ1) is 8.27. The lowest BCUT2D eigenvalue weighted by Crippen LogP contribution is -1.95. The van der Waals surface area contributed by atoms with Crippen LogP contribution in [-0.4, -0.2) is 0 Å². The Hall–Kier alpha value is -1.60. The first-order valence-electron chi connectivity index (χ1n) is 6.02. The van der Waals surface area contributed by atoms with Crippen molar-refractivity contribution in [3.63, 3.8) is 0 Å². The van der Waals surface area contributed by atoms with Crippen molar-refractivity contribution in [1.29, 1.82) is 0 Å². The van der Waals surface area contributed by atoms with Crippen LogP contribution in [0.3, 0.4) is 0 Å². The smallest absolute Gasteiger partial charge is 0.0727 e. The van der Waals surface area contributed by atoms with Crippen LogP contribution in [-0.2, 0) is 18.0 Å². The fourth-order valence-electron chi connectivity index (χ4n) is 2.61. The van der Waals surface area contributed by atoms with Crippen molar-refractivity contribution in [3.05, 3.63) is 58.7 Å². The van der Waals surface area contributed by atoms with E-state index in [0.29, 0.717) is 0 Å². The summed E-state index contributed by atoms with van der Waals surface area (Å²) in [4.78, 5) is 0. The molecule has 3 rings (SSSR count). The van der Waals surface area contributed by atoms with Gasteiger partial charge in [-0.15, -0.1) is 0 Å². The number of benzene rings is 2. The molecule has 0 atom stereocenters. The maximum Gasteiger partial charge on any atom is 0.0727 e. The van der Waals surface area contributed by atoms with Crippen molar-refractivity contribution in [1.82, 2.24) is 0 Å². The fraction of sp³-hybridized carbons (Fsp3) is 0.250. The third-order valence-corrected chi connectivity index (χ3v) is 3.64. The highest BCUT2D eigenvalue weighted by Crippen LogP contribution is 2.34. The van der Waals surface area contributed by atoms with Crippen LogP contribution in [0.2, 0.25) is 0 Å².